The third-order valence-electron chi connectivity index (χ3n) is 4.99. The average molecular weight is 468 g/mol. The number of aromatic nitrogens is 2. The van der Waals surface area contributed by atoms with Crippen LogP contribution >= 0.6 is 11.6 Å². The van der Waals surface area contributed by atoms with Crippen LogP contribution in [0.5, 0.6) is 11.5 Å². The quantitative estimate of drug-likeness (QED) is 0.346. The third-order valence-corrected chi connectivity index (χ3v) is 5.32. The molecule has 0 unspecified atom stereocenters. The average Bonchev–Trinajstić information content (AvgIpc) is 3.53. The van der Waals surface area contributed by atoms with E-state index >= 15 is 0 Å². The van der Waals surface area contributed by atoms with Crippen molar-refractivity contribution < 1.29 is 23.2 Å². The van der Waals surface area contributed by atoms with Crippen LogP contribution < -0.4 is 9.47 Å². The minimum atomic E-state index is -0.214. The molecule has 0 bridgehead atoms. The lowest BCUT2D eigenvalue weighted by molar-refractivity contribution is 0.0730. The van der Waals surface area contributed by atoms with Gasteiger partial charge in [-0.2, -0.15) is 4.98 Å². The molecule has 0 fully saturated rings. The summed E-state index contributed by atoms with van der Waals surface area (Å²) >= 11 is 6.25. The highest BCUT2D eigenvalue weighted by molar-refractivity contribution is 6.33. The number of benzene rings is 2. The van der Waals surface area contributed by atoms with E-state index in [4.69, 9.17) is 30.0 Å². The van der Waals surface area contributed by atoms with Gasteiger partial charge in [0.15, 0.2) is 0 Å². The number of carbonyl (C=O) groups excluding carboxylic acids is 1. The van der Waals surface area contributed by atoms with Gasteiger partial charge in [0.1, 0.15) is 17.3 Å². The highest BCUT2D eigenvalue weighted by Gasteiger charge is 2.21. The Morgan fingerprint density at radius 2 is 1.82 bits per heavy atom. The van der Waals surface area contributed by atoms with Crippen LogP contribution in [0.4, 0.5) is 0 Å². The van der Waals surface area contributed by atoms with Gasteiger partial charge in [0.2, 0.25) is 11.7 Å². The predicted molar refractivity (Wildman–Crippen MR) is 121 cm³/mol. The van der Waals surface area contributed by atoms with Crippen LogP contribution in [0.2, 0.25) is 5.02 Å². The van der Waals surface area contributed by atoms with E-state index in [9.17, 15) is 4.79 Å². The number of carbonyl (C=O) groups is 1. The van der Waals surface area contributed by atoms with E-state index in [-0.39, 0.29) is 12.5 Å². The second kappa shape index (κ2) is 10.2. The van der Waals surface area contributed by atoms with Gasteiger partial charge in [-0.1, -0.05) is 28.9 Å². The van der Waals surface area contributed by atoms with Gasteiger partial charge in [-0.15, -0.1) is 0 Å². The van der Waals surface area contributed by atoms with Crippen LogP contribution in [0.25, 0.3) is 11.4 Å². The molecule has 0 aliphatic heterocycles. The predicted octanol–water partition coefficient (Wildman–Crippen LogP) is 4.89. The minimum Gasteiger partial charge on any atom is -0.497 e. The molecule has 0 saturated heterocycles. The van der Waals surface area contributed by atoms with Gasteiger partial charge in [-0.25, -0.2) is 0 Å². The number of furan rings is 1. The van der Waals surface area contributed by atoms with Crippen molar-refractivity contribution >= 4 is 17.5 Å². The smallest absolute Gasteiger partial charge is 0.255 e. The molecule has 0 saturated carbocycles. The van der Waals surface area contributed by atoms with E-state index in [1.165, 1.54) is 0 Å². The molecule has 170 valence electrons. The van der Waals surface area contributed by atoms with Crippen molar-refractivity contribution in [2.75, 3.05) is 20.8 Å². The summed E-state index contributed by atoms with van der Waals surface area (Å²) in [6.07, 6.45) is 1.92. The Bertz CT molecular complexity index is 1200. The van der Waals surface area contributed by atoms with Gasteiger partial charge in [0.05, 0.1) is 37.6 Å². The fourth-order valence-electron chi connectivity index (χ4n) is 3.29. The molecular formula is C24H22ClN3O5. The first-order valence-corrected chi connectivity index (χ1v) is 10.6. The Labute approximate surface area is 195 Å². The normalized spacial score (nSPS) is 10.8. The highest BCUT2D eigenvalue weighted by Crippen LogP contribution is 2.28. The topological polar surface area (TPSA) is 90.8 Å². The van der Waals surface area contributed by atoms with E-state index in [1.54, 1.807) is 73.9 Å². The molecule has 9 heteroatoms. The highest BCUT2D eigenvalue weighted by atomic mass is 35.5. The number of nitrogens with zero attached hydrogens (tertiary/aromatic N) is 3. The van der Waals surface area contributed by atoms with Crippen LogP contribution in [0.1, 0.15) is 22.0 Å². The zero-order valence-corrected chi connectivity index (χ0v) is 18.9. The number of halogens is 1. The third kappa shape index (κ3) is 5.35. The molecule has 33 heavy (non-hydrogen) atoms. The maximum Gasteiger partial charge on any atom is 0.255 e. The second-order valence-corrected chi connectivity index (χ2v) is 7.56. The van der Waals surface area contributed by atoms with Crippen LogP contribution in [0, 0.1) is 0 Å². The van der Waals surface area contributed by atoms with Crippen molar-refractivity contribution in [1.82, 2.24) is 15.0 Å². The molecule has 2 heterocycles. The Kier molecular flexibility index (Phi) is 6.95. The lowest BCUT2D eigenvalue weighted by Crippen LogP contribution is -2.32. The summed E-state index contributed by atoms with van der Waals surface area (Å²) in [4.78, 5) is 19.3. The fourth-order valence-corrected chi connectivity index (χ4v) is 3.51. The number of rotatable bonds is 9. The summed E-state index contributed by atoms with van der Waals surface area (Å²) in [5, 5.41) is 4.46. The first-order chi connectivity index (χ1) is 16.1. The van der Waals surface area contributed by atoms with E-state index in [1.807, 2.05) is 6.07 Å². The molecule has 2 aromatic carbocycles. The molecule has 4 rings (SSSR count). The van der Waals surface area contributed by atoms with Gasteiger partial charge in [-0.3, -0.25) is 4.79 Å². The van der Waals surface area contributed by atoms with Crippen LogP contribution in [0.3, 0.4) is 0 Å². The maximum absolute atomic E-state index is 13.2. The van der Waals surface area contributed by atoms with Crippen molar-refractivity contribution in [2.45, 2.75) is 13.0 Å². The van der Waals surface area contributed by atoms with Crippen LogP contribution in [-0.4, -0.2) is 41.7 Å². The fraction of sp³-hybridized carbons (Fsp3) is 0.208. The second-order valence-electron chi connectivity index (χ2n) is 7.15. The van der Waals surface area contributed by atoms with Gasteiger partial charge in [0.25, 0.3) is 5.91 Å². The van der Waals surface area contributed by atoms with Crippen molar-refractivity contribution in [3.63, 3.8) is 0 Å². The molecule has 0 aliphatic rings. The first-order valence-electron chi connectivity index (χ1n) is 10.2. The first kappa shape index (κ1) is 22.4. The molecule has 2 aromatic heterocycles. The number of amides is 1. The van der Waals surface area contributed by atoms with Crippen molar-refractivity contribution in [2.24, 2.45) is 0 Å². The van der Waals surface area contributed by atoms with E-state index in [2.05, 4.69) is 10.1 Å². The SMILES string of the molecule is COc1cc(OC)cc(-c2noc(CCN(Cc3ccco3)C(=O)c3ccccc3Cl)n2)c1. The molecule has 0 N–H and O–H groups in total. The lowest BCUT2D eigenvalue weighted by Gasteiger charge is -2.21. The molecule has 0 radical (unpaired) electrons. The summed E-state index contributed by atoms with van der Waals surface area (Å²) in [6, 6.07) is 15.9. The Hall–Kier alpha value is -3.78. The molecule has 0 spiro atoms. The van der Waals surface area contributed by atoms with E-state index < -0.39 is 0 Å². The monoisotopic (exact) mass is 467 g/mol. The number of hydrogen-bond acceptors (Lipinski definition) is 7. The Balaban J connectivity index is 1.52. The largest absolute Gasteiger partial charge is 0.497 e. The Morgan fingerprint density at radius 1 is 1.06 bits per heavy atom. The maximum atomic E-state index is 13.2. The minimum absolute atomic E-state index is 0.214. The van der Waals surface area contributed by atoms with E-state index in [0.29, 0.717) is 58.1 Å². The summed E-state index contributed by atoms with van der Waals surface area (Å²) in [6.45, 7) is 0.610. The summed E-state index contributed by atoms with van der Waals surface area (Å²) < 4.78 is 21.5. The molecule has 0 atom stereocenters. The van der Waals surface area contributed by atoms with Gasteiger partial charge in [0, 0.05) is 24.6 Å². The van der Waals surface area contributed by atoms with Crippen molar-refractivity contribution in [3.05, 3.63) is 83.1 Å². The molecule has 0 aliphatic carbocycles. The summed E-state index contributed by atoms with van der Waals surface area (Å²) in [5.41, 5.74) is 1.11. The van der Waals surface area contributed by atoms with E-state index in [0.717, 1.165) is 0 Å². The zero-order chi connectivity index (χ0) is 23.2. The van der Waals surface area contributed by atoms with Crippen LogP contribution in [0.15, 0.2) is 69.8 Å². The molecule has 4 aromatic rings. The number of ether oxygens (including phenoxy) is 2. The molecule has 8 nitrogen and oxygen atoms in total. The van der Waals surface area contributed by atoms with Gasteiger partial charge < -0.3 is 23.3 Å². The molecule has 1 amide bonds. The molecular weight excluding hydrogens is 446 g/mol. The van der Waals surface area contributed by atoms with Gasteiger partial charge >= 0.3 is 0 Å². The van der Waals surface area contributed by atoms with Crippen molar-refractivity contribution in [3.8, 4) is 22.9 Å². The Morgan fingerprint density at radius 3 is 2.48 bits per heavy atom. The van der Waals surface area contributed by atoms with Crippen LogP contribution in [-0.2, 0) is 13.0 Å². The number of hydrogen-bond donors (Lipinski definition) is 0. The summed E-state index contributed by atoms with van der Waals surface area (Å²) in [5.74, 6) is 2.47. The van der Waals surface area contributed by atoms with Gasteiger partial charge in [-0.05, 0) is 36.4 Å². The lowest BCUT2D eigenvalue weighted by atomic mass is 10.2. The standard InChI is InChI=1S/C24H22ClN3O5/c1-30-18-12-16(13-19(14-18)31-2)23-26-22(33-27-23)9-10-28(15-17-6-5-11-32-17)24(29)20-7-3-4-8-21(20)25/h3-8,11-14H,9-10,15H2,1-2H3. The number of methoxy groups -OCH3 is 2. The summed E-state index contributed by atoms with van der Waals surface area (Å²) in [7, 11) is 3.15. The van der Waals surface area contributed by atoms with Crippen molar-refractivity contribution in [1.29, 1.82) is 0 Å². The zero-order valence-electron chi connectivity index (χ0n) is 18.2.